The predicted molar refractivity (Wildman–Crippen MR) is 111 cm³/mol. The van der Waals surface area contributed by atoms with E-state index in [1.807, 2.05) is 4.68 Å². The lowest BCUT2D eigenvalue weighted by Gasteiger charge is -2.27. The fourth-order valence-electron chi connectivity index (χ4n) is 4.16. The van der Waals surface area contributed by atoms with Crippen molar-refractivity contribution in [1.82, 2.24) is 29.5 Å². The second-order valence-electron chi connectivity index (χ2n) is 7.78. The van der Waals surface area contributed by atoms with Crippen molar-refractivity contribution in [2.75, 3.05) is 13.7 Å². The third kappa shape index (κ3) is 4.01. The Morgan fingerprint density at radius 2 is 1.87 bits per heavy atom. The van der Waals surface area contributed by atoms with E-state index in [0.29, 0.717) is 35.4 Å². The number of fused-ring (bicyclic) bond motifs is 1. The zero-order chi connectivity index (χ0) is 21.1. The van der Waals surface area contributed by atoms with Gasteiger partial charge in [-0.05, 0) is 31.6 Å². The van der Waals surface area contributed by atoms with Crippen LogP contribution in [0.4, 0.5) is 0 Å². The monoisotopic (exact) mass is 412 g/mol. The van der Waals surface area contributed by atoms with Gasteiger partial charge in [0.25, 0.3) is 5.95 Å². The van der Waals surface area contributed by atoms with Crippen LogP contribution in [0.5, 0.6) is 5.88 Å². The van der Waals surface area contributed by atoms with Crippen molar-refractivity contribution in [2.24, 2.45) is 11.8 Å². The van der Waals surface area contributed by atoms with Gasteiger partial charge >= 0.3 is 5.97 Å². The van der Waals surface area contributed by atoms with Crippen LogP contribution in [0.3, 0.4) is 0 Å². The Hall–Kier alpha value is -2.97. The first kappa shape index (κ1) is 20.3. The molecule has 4 rings (SSSR count). The van der Waals surface area contributed by atoms with E-state index in [4.69, 9.17) is 9.47 Å². The first-order valence-corrected chi connectivity index (χ1v) is 10.6. The van der Waals surface area contributed by atoms with Gasteiger partial charge in [0.05, 0.1) is 31.7 Å². The van der Waals surface area contributed by atoms with E-state index in [2.05, 4.69) is 27.1 Å². The van der Waals surface area contributed by atoms with E-state index in [1.165, 1.54) is 43.0 Å². The molecule has 0 spiro atoms. The van der Waals surface area contributed by atoms with Crippen LogP contribution in [-0.4, -0.2) is 49.2 Å². The van der Waals surface area contributed by atoms with Gasteiger partial charge in [0.1, 0.15) is 11.0 Å². The molecule has 0 aliphatic heterocycles. The number of rotatable bonds is 7. The van der Waals surface area contributed by atoms with Crippen LogP contribution in [0, 0.1) is 11.8 Å². The average Bonchev–Trinajstić information content (AvgIpc) is 3.42. The summed E-state index contributed by atoms with van der Waals surface area (Å²) in [7, 11) is 1.59. The predicted octanol–water partition coefficient (Wildman–Crippen LogP) is 3.41. The molecule has 0 bridgehead atoms. The zero-order valence-electron chi connectivity index (χ0n) is 17.7. The Morgan fingerprint density at radius 3 is 2.57 bits per heavy atom. The summed E-state index contributed by atoms with van der Waals surface area (Å²) < 4.78 is 14.0. The molecule has 1 saturated carbocycles. The molecule has 1 fully saturated rings. The van der Waals surface area contributed by atoms with Crippen molar-refractivity contribution in [1.29, 1.82) is 0 Å². The molecule has 3 aromatic rings. The summed E-state index contributed by atoms with van der Waals surface area (Å²) in [4.78, 5) is 21.0. The summed E-state index contributed by atoms with van der Waals surface area (Å²) in [6.07, 6.45) is 11.0. The molecule has 1 aliphatic rings. The fourth-order valence-corrected chi connectivity index (χ4v) is 4.16. The van der Waals surface area contributed by atoms with Gasteiger partial charge in [0.15, 0.2) is 0 Å². The highest BCUT2D eigenvalue weighted by Gasteiger charge is 2.23. The van der Waals surface area contributed by atoms with Crippen molar-refractivity contribution in [2.45, 2.75) is 52.5 Å². The number of carbonyl (C=O) groups is 1. The molecular formula is C21H28N6O3. The van der Waals surface area contributed by atoms with E-state index in [1.54, 1.807) is 26.4 Å². The lowest BCUT2D eigenvalue weighted by Crippen LogP contribution is -2.19. The maximum atomic E-state index is 11.9. The molecule has 0 radical (unpaired) electrons. The van der Waals surface area contributed by atoms with Crippen molar-refractivity contribution < 1.29 is 14.3 Å². The summed E-state index contributed by atoms with van der Waals surface area (Å²) in [5, 5.41) is 8.76. The molecule has 9 nitrogen and oxygen atoms in total. The number of methoxy groups -OCH3 is 1. The lowest BCUT2D eigenvalue weighted by molar-refractivity contribution is 0.0526. The Labute approximate surface area is 175 Å². The molecule has 0 aromatic carbocycles. The van der Waals surface area contributed by atoms with Gasteiger partial charge in [-0.3, -0.25) is 4.68 Å². The molecule has 160 valence electrons. The van der Waals surface area contributed by atoms with Crippen LogP contribution in [-0.2, 0) is 11.3 Å². The number of carbonyl (C=O) groups excluding carboxylic acids is 1. The normalized spacial score (nSPS) is 19.2. The number of ether oxygens (including phenoxy) is 2. The van der Waals surface area contributed by atoms with Gasteiger partial charge in [-0.25, -0.2) is 14.5 Å². The molecule has 0 atom stereocenters. The highest BCUT2D eigenvalue weighted by atomic mass is 16.5. The Kier molecular flexibility index (Phi) is 5.96. The summed E-state index contributed by atoms with van der Waals surface area (Å²) in [6.45, 7) is 5.19. The molecule has 9 heteroatoms. The smallest absolute Gasteiger partial charge is 0.341 e. The van der Waals surface area contributed by atoms with Crippen molar-refractivity contribution >= 4 is 17.0 Å². The van der Waals surface area contributed by atoms with E-state index < -0.39 is 5.97 Å². The molecule has 0 saturated heterocycles. The Balaban J connectivity index is 1.59. The highest BCUT2D eigenvalue weighted by molar-refractivity contribution is 5.88. The van der Waals surface area contributed by atoms with Crippen LogP contribution >= 0.6 is 0 Å². The molecule has 30 heavy (non-hydrogen) atoms. The number of esters is 1. The fraction of sp³-hybridized carbons (Fsp3) is 0.571. The molecule has 0 unspecified atom stereocenters. The van der Waals surface area contributed by atoms with Crippen molar-refractivity contribution in [3.63, 3.8) is 0 Å². The summed E-state index contributed by atoms with van der Waals surface area (Å²) in [6, 6.07) is 0. The Morgan fingerprint density at radius 1 is 1.10 bits per heavy atom. The van der Waals surface area contributed by atoms with Crippen LogP contribution in [0.25, 0.3) is 17.0 Å². The molecule has 1 aliphatic carbocycles. The summed E-state index contributed by atoms with van der Waals surface area (Å²) >= 11 is 0. The minimum Gasteiger partial charge on any atom is -0.479 e. The standard InChI is InChI=1S/C21H28N6O3/c1-4-14-6-8-15(9-7-14)12-26-18-17(11-23-26)24-21(25-19(18)29-3)27-13-16(10-22-27)20(28)30-5-2/h10-11,13-15H,4-9,12H2,1-3H3. The highest BCUT2D eigenvalue weighted by Crippen LogP contribution is 2.33. The zero-order valence-corrected chi connectivity index (χ0v) is 17.7. The maximum Gasteiger partial charge on any atom is 0.341 e. The SMILES string of the molecule is CCOC(=O)c1cnn(-c2nc(OC)c3c(cnn3CC3CCC(CC)CC3)n2)c1. The number of hydrogen-bond acceptors (Lipinski definition) is 7. The number of hydrogen-bond donors (Lipinski definition) is 0. The first-order chi connectivity index (χ1) is 14.6. The quantitative estimate of drug-likeness (QED) is 0.549. The molecule has 3 aromatic heterocycles. The summed E-state index contributed by atoms with van der Waals surface area (Å²) in [5.74, 6) is 1.81. The van der Waals surface area contributed by atoms with E-state index >= 15 is 0 Å². The lowest BCUT2D eigenvalue weighted by atomic mass is 9.81. The van der Waals surface area contributed by atoms with Crippen LogP contribution < -0.4 is 4.74 Å². The molecule has 0 amide bonds. The average molecular weight is 412 g/mol. The van der Waals surface area contributed by atoms with Gasteiger partial charge in [0, 0.05) is 12.7 Å². The summed E-state index contributed by atoms with van der Waals surface area (Å²) in [5.41, 5.74) is 1.82. The number of aromatic nitrogens is 6. The first-order valence-electron chi connectivity index (χ1n) is 10.6. The van der Waals surface area contributed by atoms with Crippen LogP contribution in [0.15, 0.2) is 18.6 Å². The maximum absolute atomic E-state index is 11.9. The second-order valence-corrected chi connectivity index (χ2v) is 7.78. The number of nitrogens with zero attached hydrogens (tertiary/aromatic N) is 6. The minimum absolute atomic E-state index is 0.305. The van der Waals surface area contributed by atoms with Gasteiger partial charge in [-0.1, -0.05) is 26.2 Å². The molecular weight excluding hydrogens is 384 g/mol. The van der Waals surface area contributed by atoms with E-state index in [-0.39, 0.29) is 0 Å². The van der Waals surface area contributed by atoms with Crippen LogP contribution in [0.1, 0.15) is 56.3 Å². The minimum atomic E-state index is -0.428. The van der Waals surface area contributed by atoms with E-state index in [0.717, 1.165) is 18.0 Å². The van der Waals surface area contributed by atoms with Gasteiger partial charge in [0.2, 0.25) is 5.88 Å². The van der Waals surface area contributed by atoms with Gasteiger partial charge in [-0.2, -0.15) is 15.2 Å². The molecule has 3 heterocycles. The van der Waals surface area contributed by atoms with E-state index in [9.17, 15) is 4.79 Å². The van der Waals surface area contributed by atoms with Gasteiger partial charge < -0.3 is 9.47 Å². The third-order valence-electron chi connectivity index (χ3n) is 5.91. The van der Waals surface area contributed by atoms with Crippen molar-refractivity contribution in [3.05, 3.63) is 24.2 Å². The second kappa shape index (κ2) is 8.81. The van der Waals surface area contributed by atoms with Crippen molar-refractivity contribution in [3.8, 4) is 11.8 Å². The molecule has 0 N–H and O–H groups in total. The van der Waals surface area contributed by atoms with Gasteiger partial charge in [-0.15, -0.1) is 0 Å². The largest absolute Gasteiger partial charge is 0.479 e. The Bertz CT molecular complexity index is 1020. The third-order valence-corrected chi connectivity index (χ3v) is 5.91. The van der Waals surface area contributed by atoms with Crippen LogP contribution in [0.2, 0.25) is 0 Å². The topological polar surface area (TPSA) is 97.0 Å².